The van der Waals surface area contributed by atoms with Crippen LogP contribution in [0.4, 0.5) is 14.9 Å². The molecule has 2 aromatic rings. The lowest BCUT2D eigenvalue weighted by atomic mass is 10.1. The second-order valence-corrected chi connectivity index (χ2v) is 6.30. The topological polar surface area (TPSA) is 84.9 Å². The standard InChI is InChI=1S/C20H16ClFN2O5/c1-3-29-17-9-11(15(21)10-16(17)28-2)8-14-18(25)23-20(27)24(19(14)26)13-6-4-12(22)5-7-13/h4-10H,3H2,1-2H3,(H,23,25,27)/b14-8+. The summed E-state index contributed by atoms with van der Waals surface area (Å²) in [6, 6.07) is 6.81. The van der Waals surface area contributed by atoms with E-state index in [0.717, 1.165) is 17.0 Å². The van der Waals surface area contributed by atoms with Crippen LogP contribution in [0.1, 0.15) is 12.5 Å². The molecule has 1 N–H and O–H groups in total. The number of urea groups is 1. The monoisotopic (exact) mass is 418 g/mol. The number of halogens is 2. The van der Waals surface area contributed by atoms with Crippen LogP contribution in [0, 0.1) is 5.82 Å². The third kappa shape index (κ3) is 4.07. The van der Waals surface area contributed by atoms with Crippen molar-refractivity contribution in [2.45, 2.75) is 6.92 Å². The Morgan fingerprint density at radius 1 is 1.14 bits per heavy atom. The van der Waals surface area contributed by atoms with Crippen LogP contribution in [-0.4, -0.2) is 31.6 Å². The Hall–Kier alpha value is -3.39. The average Bonchev–Trinajstić information content (AvgIpc) is 2.68. The van der Waals surface area contributed by atoms with Crippen LogP contribution < -0.4 is 19.7 Å². The van der Waals surface area contributed by atoms with E-state index in [9.17, 15) is 18.8 Å². The first-order valence-corrected chi connectivity index (χ1v) is 8.90. The SMILES string of the molecule is CCOc1cc(/C=C2\C(=O)NC(=O)N(c3ccc(F)cc3)C2=O)c(Cl)cc1OC. The summed E-state index contributed by atoms with van der Waals surface area (Å²) in [5.74, 6) is -1.50. The first-order valence-electron chi connectivity index (χ1n) is 8.53. The molecular weight excluding hydrogens is 403 g/mol. The smallest absolute Gasteiger partial charge is 0.335 e. The molecule has 1 fully saturated rings. The zero-order valence-electron chi connectivity index (χ0n) is 15.5. The van der Waals surface area contributed by atoms with Gasteiger partial charge in [0.15, 0.2) is 11.5 Å². The van der Waals surface area contributed by atoms with Gasteiger partial charge in [-0.3, -0.25) is 14.9 Å². The number of rotatable bonds is 5. The highest BCUT2D eigenvalue weighted by molar-refractivity contribution is 6.40. The number of carbonyl (C=O) groups excluding carboxylic acids is 3. The summed E-state index contributed by atoms with van der Waals surface area (Å²) >= 11 is 6.25. The molecule has 4 amide bonds. The first kappa shape index (κ1) is 20.3. The maximum absolute atomic E-state index is 13.2. The zero-order valence-corrected chi connectivity index (χ0v) is 16.2. The van der Waals surface area contributed by atoms with E-state index < -0.39 is 23.7 Å². The van der Waals surface area contributed by atoms with E-state index in [1.165, 1.54) is 37.5 Å². The minimum atomic E-state index is -0.931. The fraction of sp³-hybridized carbons (Fsp3) is 0.150. The number of hydrogen-bond donors (Lipinski definition) is 1. The predicted molar refractivity (Wildman–Crippen MR) is 105 cm³/mol. The molecule has 9 heteroatoms. The maximum Gasteiger partial charge on any atom is 0.335 e. The zero-order chi connectivity index (χ0) is 21.1. The van der Waals surface area contributed by atoms with Crippen LogP contribution in [0.3, 0.4) is 0 Å². The molecule has 3 rings (SSSR count). The molecule has 0 saturated carbocycles. The highest BCUT2D eigenvalue weighted by Gasteiger charge is 2.37. The van der Waals surface area contributed by atoms with Crippen molar-refractivity contribution < 1.29 is 28.2 Å². The Morgan fingerprint density at radius 2 is 1.83 bits per heavy atom. The second-order valence-electron chi connectivity index (χ2n) is 5.89. The molecule has 2 aromatic carbocycles. The Kier molecular flexibility index (Phi) is 5.84. The van der Waals surface area contributed by atoms with E-state index in [-0.39, 0.29) is 16.3 Å². The van der Waals surface area contributed by atoms with Gasteiger partial charge in [0.05, 0.1) is 24.4 Å². The van der Waals surface area contributed by atoms with Crippen LogP contribution in [0.2, 0.25) is 5.02 Å². The van der Waals surface area contributed by atoms with Crippen molar-refractivity contribution in [3.05, 3.63) is 58.4 Å². The van der Waals surface area contributed by atoms with Crippen molar-refractivity contribution >= 4 is 41.2 Å². The fourth-order valence-corrected chi connectivity index (χ4v) is 2.94. The van der Waals surface area contributed by atoms with Crippen LogP contribution in [-0.2, 0) is 9.59 Å². The number of anilines is 1. The highest BCUT2D eigenvalue weighted by Crippen LogP contribution is 2.35. The van der Waals surface area contributed by atoms with Crippen molar-refractivity contribution in [2.24, 2.45) is 0 Å². The van der Waals surface area contributed by atoms with E-state index in [4.69, 9.17) is 21.1 Å². The number of nitrogens with one attached hydrogen (secondary N) is 1. The summed E-state index contributed by atoms with van der Waals surface area (Å²) in [7, 11) is 1.45. The molecule has 1 saturated heterocycles. The van der Waals surface area contributed by atoms with Crippen molar-refractivity contribution in [1.82, 2.24) is 5.32 Å². The van der Waals surface area contributed by atoms with Gasteiger partial charge in [0.1, 0.15) is 11.4 Å². The Labute approximate surface area is 170 Å². The molecular formula is C20H16ClFN2O5. The lowest BCUT2D eigenvalue weighted by Gasteiger charge is -2.26. The molecule has 29 heavy (non-hydrogen) atoms. The van der Waals surface area contributed by atoms with Gasteiger partial charge in [0.25, 0.3) is 11.8 Å². The van der Waals surface area contributed by atoms with Gasteiger partial charge in [-0.2, -0.15) is 0 Å². The molecule has 1 aliphatic rings. The molecule has 0 spiro atoms. The molecule has 0 radical (unpaired) electrons. The van der Waals surface area contributed by atoms with Gasteiger partial charge in [0.2, 0.25) is 0 Å². The number of methoxy groups -OCH3 is 1. The summed E-state index contributed by atoms with van der Waals surface area (Å²) in [6.07, 6.45) is 1.25. The van der Waals surface area contributed by atoms with Crippen LogP contribution in [0.25, 0.3) is 6.08 Å². The second kappa shape index (κ2) is 8.32. The van der Waals surface area contributed by atoms with Crippen LogP contribution in [0.5, 0.6) is 11.5 Å². The Balaban J connectivity index is 2.05. The number of ether oxygens (including phenoxy) is 2. The molecule has 150 valence electrons. The summed E-state index contributed by atoms with van der Waals surface area (Å²) in [5.41, 5.74) is 0.120. The van der Waals surface area contributed by atoms with Gasteiger partial charge in [-0.25, -0.2) is 14.1 Å². The average molecular weight is 419 g/mol. The van der Waals surface area contributed by atoms with Crippen molar-refractivity contribution in [3.8, 4) is 11.5 Å². The van der Waals surface area contributed by atoms with E-state index in [0.29, 0.717) is 23.7 Å². The molecule has 1 heterocycles. The quantitative estimate of drug-likeness (QED) is 0.593. The van der Waals surface area contributed by atoms with E-state index in [1.807, 2.05) is 0 Å². The molecule has 0 aliphatic carbocycles. The van der Waals surface area contributed by atoms with Crippen molar-refractivity contribution in [3.63, 3.8) is 0 Å². The molecule has 1 aliphatic heterocycles. The minimum absolute atomic E-state index is 0.114. The van der Waals surface area contributed by atoms with Crippen molar-refractivity contribution in [1.29, 1.82) is 0 Å². The maximum atomic E-state index is 13.2. The van der Waals surface area contributed by atoms with Gasteiger partial charge < -0.3 is 9.47 Å². The number of hydrogen-bond acceptors (Lipinski definition) is 5. The summed E-state index contributed by atoms with van der Waals surface area (Å²) in [5, 5.41) is 2.30. The number of benzene rings is 2. The van der Waals surface area contributed by atoms with Gasteiger partial charge in [-0.15, -0.1) is 0 Å². The first-order chi connectivity index (χ1) is 13.8. The normalized spacial score (nSPS) is 15.5. The summed E-state index contributed by atoms with van der Waals surface area (Å²) in [4.78, 5) is 38.1. The molecule has 0 atom stereocenters. The fourth-order valence-electron chi connectivity index (χ4n) is 2.73. The van der Waals surface area contributed by atoms with E-state index in [1.54, 1.807) is 6.92 Å². The third-order valence-electron chi connectivity index (χ3n) is 4.07. The third-order valence-corrected chi connectivity index (χ3v) is 4.40. The number of amides is 4. The van der Waals surface area contributed by atoms with Crippen LogP contribution in [0.15, 0.2) is 42.0 Å². The predicted octanol–water partition coefficient (Wildman–Crippen LogP) is 3.55. The van der Waals surface area contributed by atoms with E-state index in [2.05, 4.69) is 5.32 Å². The summed E-state index contributed by atoms with van der Waals surface area (Å²) in [6.45, 7) is 2.15. The lowest BCUT2D eigenvalue weighted by Crippen LogP contribution is -2.54. The van der Waals surface area contributed by atoms with E-state index >= 15 is 0 Å². The molecule has 0 aromatic heterocycles. The molecule has 0 unspecified atom stereocenters. The number of barbiturate groups is 1. The van der Waals surface area contributed by atoms with Crippen molar-refractivity contribution in [2.75, 3.05) is 18.6 Å². The minimum Gasteiger partial charge on any atom is -0.493 e. The molecule has 7 nitrogen and oxygen atoms in total. The Morgan fingerprint density at radius 3 is 2.45 bits per heavy atom. The molecule has 0 bridgehead atoms. The van der Waals surface area contributed by atoms with Crippen LogP contribution >= 0.6 is 11.6 Å². The number of carbonyl (C=O) groups is 3. The largest absolute Gasteiger partial charge is 0.493 e. The van der Waals surface area contributed by atoms with Gasteiger partial charge in [-0.05, 0) is 48.9 Å². The summed E-state index contributed by atoms with van der Waals surface area (Å²) < 4.78 is 23.9. The number of nitrogens with zero attached hydrogens (tertiary/aromatic N) is 1. The number of imide groups is 2. The Bertz CT molecular complexity index is 1020. The van der Waals surface area contributed by atoms with Gasteiger partial charge in [0, 0.05) is 6.07 Å². The highest BCUT2D eigenvalue weighted by atomic mass is 35.5. The van der Waals surface area contributed by atoms with Gasteiger partial charge >= 0.3 is 6.03 Å². The van der Waals surface area contributed by atoms with Gasteiger partial charge in [-0.1, -0.05) is 11.6 Å². The lowest BCUT2D eigenvalue weighted by molar-refractivity contribution is -0.122.